The molecule has 0 aromatic heterocycles. The molecule has 1 aromatic carbocycles. The third-order valence-corrected chi connectivity index (χ3v) is 5.42. The van der Waals surface area contributed by atoms with Gasteiger partial charge >= 0.3 is 6.18 Å². The molecule has 0 bridgehead atoms. The quantitative estimate of drug-likeness (QED) is 0.898. The molecule has 3 rings (SSSR count). The number of hydrogen-bond acceptors (Lipinski definition) is 3. The van der Waals surface area contributed by atoms with Crippen molar-refractivity contribution in [1.29, 1.82) is 0 Å². The highest BCUT2D eigenvalue weighted by Gasteiger charge is 2.35. The van der Waals surface area contributed by atoms with Crippen molar-refractivity contribution in [1.82, 2.24) is 4.90 Å². The van der Waals surface area contributed by atoms with Gasteiger partial charge in [0.25, 0.3) is 0 Å². The molecule has 2 aliphatic rings. The lowest BCUT2D eigenvalue weighted by atomic mass is 10.1. The minimum absolute atomic E-state index is 0.0418. The van der Waals surface area contributed by atoms with Crippen LogP contribution in [0.4, 0.5) is 18.9 Å². The Labute approximate surface area is 141 Å². The Bertz CT molecular complexity index is 674. The molecular weight excluding hydrogens is 341 g/mol. The van der Waals surface area contributed by atoms with Crippen LogP contribution in [0.1, 0.15) is 24.8 Å². The summed E-state index contributed by atoms with van der Waals surface area (Å²) >= 11 is 1.14. The predicted molar refractivity (Wildman–Crippen MR) is 84.7 cm³/mol. The molecule has 0 radical (unpaired) electrons. The SMILES string of the molecule is CN(CC1CC1)C(=O)C[C@@H]1Sc2ccc(C(F)(F)F)cc2NC1=O. The van der Waals surface area contributed by atoms with E-state index in [2.05, 4.69) is 5.32 Å². The third-order valence-electron chi connectivity index (χ3n) is 4.14. The lowest BCUT2D eigenvalue weighted by Gasteiger charge is -2.26. The summed E-state index contributed by atoms with van der Waals surface area (Å²) < 4.78 is 38.2. The highest BCUT2D eigenvalue weighted by Crippen LogP contribution is 2.40. The molecule has 1 aromatic rings. The van der Waals surface area contributed by atoms with Gasteiger partial charge in [-0.1, -0.05) is 0 Å². The summed E-state index contributed by atoms with van der Waals surface area (Å²) in [5.74, 6) is 0.0122. The maximum atomic E-state index is 12.7. The fraction of sp³-hybridized carbons (Fsp3) is 0.500. The summed E-state index contributed by atoms with van der Waals surface area (Å²) in [6.45, 7) is 0.698. The number of benzene rings is 1. The number of nitrogens with zero attached hydrogens (tertiary/aromatic N) is 1. The molecule has 1 atom stereocenters. The van der Waals surface area contributed by atoms with Crippen LogP contribution in [0.2, 0.25) is 0 Å². The van der Waals surface area contributed by atoms with Gasteiger partial charge in [-0.3, -0.25) is 9.59 Å². The first-order valence-corrected chi connectivity index (χ1v) is 8.54. The van der Waals surface area contributed by atoms with E-state index in [1.165, 1.54) is 6.07 Å². The third kappa shape index (κ3) is 3.85. The molecule has 0 saturated heterocycles. The van der Waals surface area contributed by atoms with Gasteiger partial charge in [-0.05, 0) is 37.0 Å². The van der Waals surface area contributed by atoms with E-state index >= 15 is 0 Å². The average molecular weight is 358 g/mol. The van der Waals surface area contributed by atoms with E-state index in [1.54, 1.807) is 11.9 Å². The van der Waals surface area contributed by atoms with Crippen molar-refractivity contribution in [2.24, 2.45) is 5.92 Å². The minimum Gasteiger partial charge on any atom is -0.345 e. The van der Waals surface area contributed by atoms with Crippen LogP contribution in [0.25, 0.3) is 0 Å². The van der Waals surface area contributed by atoms with Crippen LogP contribution in [0.5, 0.6) is 0 Å². The number of rotatable bonds is 4. The van der Waals surface area contributed by atoms with Gasteiger partial charge in [0.05, 0.1) is 16.5 Å². The zero-order chi connectivity index (χ0) is 17.5. The standard InChI is InChI=1S/C16H17F3N2O2S/c1-21(8-9-2-3-9)14(22)7-13-15(23)20-11-6-10(16(17,18)19)4-5-12(11)24-13/h4-6,9,13H,2-3,7-8H2,1H3,(H,20,23)/t13-/m0/s1. The molecule has 0 unspecified atom stereocenters. The van der Waals surface area contributed by atoms with E-state index in [-0.39, 0.29) is 18.0 Å². The van der Waals surface area contributed by atoms with E-state index in [9.17, 15) is 22.8 Å². The molecule has 1 aliphatic carbocycles. The zero-order valence-corrected chi connectivity index (χ0v) is 13.8. The lowest BCUT2D eigenvalue weighted by Crippen LogP contribution is -2.36. The Kier molecular flexibility index (Phi) is 4.50. The molecule has 1 N–H and O–H groups in total. The first kappa shape index (κ1) is 17.1. The van der Waals surface area contributed by atoms with Crippen LogP contribution >= 0.6 is 11.8 Å². The highest BCUT2D eigenvalue weighted by molar-refractivity contribution is 8.01. The number of carbonyl (C=O) groups is 2. The molecule has 130 valence electrons. The van der Waals surface area contributed by atoms with E-state index < -0.39 is 22.9 Å². The first-order chi connectivity index (χ1) is 11.2. The first-order valence-electron chi connectivity index (χ1n) is 7.67. The number of carbonyl (C=O) groups excluding carboxylic acids is 2. The number of nitrogens with one attached hydrogen (secondary N) is 1. The van der Waals surface area contributed by atoms with E-state index in [0.717, 1.165) is 36.7 Å². The second-order valence-corrected chi connectivity index (χ2v) is 7.47. The van der Waals surface area contributed by atoms with Gasteiger partial charge in [-0.25, -0.2) is 0 Å². The minimum atomic E-state index is -4.46. The normalized spacial score (nSPS) is 20.3. The van der Waals surface area contributed by atoms with Crippen molar-refractivity contribution in [2.75, 3.05) is 18.9 Å². The monoisotopic (exact) mass is 358 g/mol. The van der Waals surface area contributed by atoms with Crippen molar-refractivity contribution in [3.8, 4) is 0 Å². The number of thioether (sulfide) groups is 1. The van der Waals surface area contributed by atoms with Gasteiger partial charge in [0.15, 0.2) is 0 Å². The average Bonchev–Trinajstić information content (AvgIpc) is 3.30. The summed E-state index contributed by atoms with van der Waals surface area (Å²) in [5.41, 5.74) is -0.657. The fourth-order valence-electron chi connectivity index (χ4n) is 2.57. The largest absolute Gasteiger partial charge is 0.416 e. The van der Waals surface area contributed by atoms with E-state index in [4.69, 9.17) is 0 Å². The van der Waals surface area contributed by atoms with Crippen LogP contribution in [-0.2, 0) is 15.8 Å². The number of amides is 2. The Hall–Kier alpha value is -1.70. The summed E-state index contributed by atoms with van der Waals surface area (Å²) in [6, 6.07) is 3.26. The van der Waals surface area contributed by atoms with Crippen LogP contribution in [-0.4, -0.2) is 35.6 Å². The molecule has 1 saturated carbocycles. The summed E-state index contributed by atoms with van der Waals surface area (Å²) in [5, 5.41) is 1.87. The fourth-order valence-corrected chi connectivity index (χ4v) is 3.65. The summed E-state index contributed by atoms with van der Waals surface area (Å²) in [6.07, 6.45) is -2.15. The maximum Gasteiger partial charge on any atom is 0.416 e. The Balaban J connectivity index is 1.68. The topological polar surface area (TPSA) is 49.4 Å². The second-order valence-electron chi connectivity index (χ2n) is 6.23. The number of alkyl halides is 3. The van der Waals surface area contributed by atoms with Gasteiger partial charge in [0.2, 0.25) is 11.8 Å². The molecule has 2 amide bonds. The van der Waals surface area contributed by atoms with E-state index in [1.807, 2.05) is 0 Å². The van der Waals surface area contributed by atoms with Gasteiger partial charge < -0.3 is 10.2 Å². The van der Waals surface area contributed by atoms with Crippen LogP contribution in [0.3, 0.4) is 0 Å². The van der Waals surface area contributed by atoms with Gasteiger partial charge in [-0.2, -0.15) is 13.2 Å². The van der Waals surface area contributed by atoms with Crippen LogP contribution in [0.15, 0.2) is 23.1 Å². The maximum absolute atomic E-state index is 12.7. The molecule has 1 fully saturated rings. The molecular formula is C16H17F3N2O2S. The molecule has 4 nitrogen and oxygen atoms in total. The Morgan fingerprint density at radius 1 is 1.38 bits per heavy atom. The van der Waals surface area contributed by atoms with Crippen molar-refractivity contribution in [3.05, 3.63) is 23.8 Å². The predicted octanol–water partition coefficient (Wildman–Crippen LogP) is 3.38. The number of anilines is 1. The van der Waals surface area contributed by atoms with Gasteiger partial charge in [0, 0.05) is 24.9 Å². The number of fused-ring (bicyclic) bond motifs is 1. The summed E-state index contributed by atoms with van der Waals surface area (Å²) in [7, 11) is 1.72. The lowest BCUT2D eigenvalue weighted by molar-refractivity contribution is -0.137. The molecule has 0 spiro atoms. The van der Waals surface area contributed by atoms with Crippen LogP contribution in [0, 0.1) is 5.92 Å². The molecule has 1 aliphatic heterocycles. The molecule has 8 heteroatoms. The zero-order valence-electron chi connectivity index (χ0n) is 13.0. The smallest absolute Gasteiger partial charge is 0.345 e. The van der Waals surface area contributed by atoms with Crippen molar-refractivity contribution < 1.29 is 22.8 Å². The number of halogens is 3. The van der Waals surface area contributed by atoms with Crippen molar-refractivity contribution >= 4 is 29.3 Å². The van der Waals surface area contributed by atoms with Crippen molar-refractivity contribution in [3.63, 3.8) is 0 Å². The number of hydrogen-bond donors (Lipinski definition) is 1. The summed E-state index contributed by atoms with van der Waals surface area (Å²) in [4.78, 5) is 26.5. The van der Waals surface area contributed by atoms with Crippen LogP contribution < -0.4 is 5.32 Å². The van der Waals surface area contributed by atoms with Gasteiger partial charge in [-0.15, -0.1) is 11.8 Å². The van der Waals surface area contributed by atoms with Gasteiger partial charge in [0.1, 0.15) is 0 Å². The highest BCUT2D eigenvalue weighted by atomic mass is 32.2. The van der Waals surface area contributed by atoms with Crippen molar-refractivity contribution in [2.45, 2.75) is 35.6 Å². The van der Waals surface area contributed by atoms with E-state index in [0.29, 0.717) is 17.4 Å². The Morgan fingerprint density at radius 3 is 2.71 bits per heavy atom. The Morgan fingerprint density at radius 2 is 2.08 bits per heavy atom. The second kappa shape index (κ2) is 6.31. The molecule has 24 heavy (non-hydrogen) atoms. The molecule has 1 heterocycles.